The first kappa shape index (κ1) is 16.0. The molecule has 0 amide bonds. The van der Waals surface area contributed by atoms with Crippen molar-refractivity contribution < 1.29 is 13.7 Å². The average molecular weight is 356 g/mol. The zero-order chi connectivity index (χ0) is 17.4. The van der Waals surface area contributed by atoms with Gasteiger partial charge in [-0.15, -0.1) is 0 Å². The molecule has 1 aliphatic rings. The number of benzene rings is 2. The molecular formula is C20H15ClFNO2. The van der Waals surface area contributed by atoms with Gasteiger partial charge in [-0.1, -0.05) is 28.9 Å². The number of nitrogens with zero attached hydrogens (tertiary/aromatic N) is 1. The minimum Gasteiger partial charge on any atom is -0.364 e. The molecule has 0 aliphatic heterocycles. The quantitative estimate of drug-likeness (QED) is 0.593. The lowest BCUT2D eigenvalue weighted by atomic mass is 9.93. The Kier molecular flexibility index (Phi) is 4.14. The lowest BCUT2D eigenvalue weighted by molar-refractivity contribution is 0.103. The minimum atomic E-state index is -0.374. The minimum absolute atomic E-state index is 0.180. The standard InChI is InChI=1S/C20H15ClFNO2/c21-15-3-1-2-12(9-15)8-14-10-16(22)6-7-17(14)20(24)18-11-25-23-19(18)13-4-5-13/h1-3,6-7,9-11,13H,4-5,8H2. The van der Waals surface area contributed by atoms with Gasteiger partial charge < -0.3 is 4.52 Å². The third kappa shape index (κ3) is 3.35. The van der Waals surface area contributed by atoms with Gasteiger partial charge >= 0.3 is 0 Å². The summed E-state index contributed by atoms with van der Waals surface area (Å²) in [5.41, 5.74) is 3.19. The molecule has 0 saturated heterocycles. The van der Waals surface area contributed by atoms with Crippen molar-refractivity contribution in [2.75, 3.05) is 0 Å². The summed E-state index contributed by atoms with van der Waals surface area (Å²) in [6.45, 7) is 0. The van der Waals surface area contributed by atoms with Crippen LogP contribution < -0.4 is 0 Å². The van der Waals surface area contributed by atoms with Gasteiger partial charge in [0.05, 0.1) is 11.3 Å². The Hall–Kier alpha value is -2.46. The molecule has 2 aromatic carbocycles. The lowest BCUT2D eigenvalue weighted by Gasteiger charge is -2.09. The number of hydrogen-bond donors (Lipinski definition) is 0. The molecule has 0 radical (unpaired) electrons. The monoisotopic (exact) mass is 355 g/mol. The molecule has 1 saturated carbocycles. The summed E-state index contributed by atoms with van der Waals surface area (Å²) in [6.07, 6.45) is 3.85. The van der Waals surface area contributed by atoms with Gasteiger partial charge in [0.25, 0.3) is 0 Å². The first-order valence-electron chi connectivity index (χ1n) is 8.13. The van der Waals surface area contributed by atoms with Gasteiger partial charge in [-0.25, -0.2) is 4.39 Å². The fourth-order valence-electron chi connectivity index (χ4n) is 3.01. The fraction of sp³-hybridized carbons (Fsp3) is 0.200. The Morgan fingerprint density at radius 1 is 1.20 bits per heavy atom. The highest BCUT2D eigenvalue weighted by atomic mass is 35.5. The molecule has 0 atom stereocenters. The van der Waals surface area contributed by atoms with Crippen molar-refractivity contribution in [1.82, 2.24) is 5.16 Å². The molecule has 1 aromatic heterocycles. The molecular weight excluding hydrogens is 341 g/mol. The second-order valence-corrected chi connectivity index (χ2v) is 6.76. The van der Waals surface area contributed by atoms with E-state index in [1.165, 1.54) is 24.5 Å². The van der Waals surface area contributed by atoms with Crippen LogP contribution in [0.4, 0.5) is 4.39 Å². The van der Waals surface area contributed by atoms with Gasteiger partial charge in [0.15, 0.2) is 5.78 Å². The lowest BCUT2D eigenvalue weighted by Crippen LogP contribution is -2.08. The van der Waals surface area contributed by atoms with E-state index in [-0.39, 0.29) is 11.6 Å². The summed E-state index contributed by atoms with van der Waals surface area (Å²) in [6, 6.07) is 11.6. The number of carbonyl (C=O) groups excluding carboxylic acids is 1. The highest BCUT2D eigenvalue weighted by Gasteiger charge is 2.32. The van der Waals surface area contributed by atoms with Gasteiger partial charge in [0.1, 0.15) is 12.1 Å². The first-order valence-corrected chi connectivity index (χ1v) is 8.51. The van der Waals surface area contributed by atoms with Crippen molar-refractivity contribution in [1.29, 1.82) is 0 Å². The normalized spacial score (nSPS) is 13.8. The number of halogens is 2. The smallest absolute Gasteiger partial charge is 0.198 e. The van der Waals surface area contributed by atoms with E-state index < -0.39 is 0 Å². The second kappa shape index (κ2) is 6.45. The third-order valence-electron chi connectivity index (χ3n) is 4.40. The summed E-state index contributed by atoms with van der Waals surface area (Å²) in [5.74, 6) is -0.254. The van der Waals surface area contributed by atoms with Gasteiger partial charge in [0.2, 0.25) is 0 Å². The fourth-order valence-corrected chi connectivity index (χ4v) is 3.22. The van der Waals surface area contributed by atoms with Crippen LogP contribution in [0.1, 0.15) is 51.5 Å². The van der Waals surface area contributed by atoms with Crippen LogP contribution in [0.5, 0.6) is 0 Å². The van der Waals surface area contributed by atoms with Crippen molar-refractivity contribution >= 4 is 17.4 Å². The molecule has 3 aromatic rings. The maximum absolute atomic E-state index is 13.8. The Morgan fingerprint density at radius 2 is 2.04 bits per heavy atom. The third-order valence-corrected chi connectivity index (χ3v) is 4.64. The molecule has 4 rings (SSSR count). The van der Waals surface area contributed by atoms with E-state index in [1.54, 1.807) is 6.07 Å². The van der Waals surface area contributed by atoms with Crippen LogP contribution in [-0.2, 0) is 6.42 Å². The van der Waals surface area contributed by atoms with Crippen LogP contribution in [0.3, 0.4) is 0 Å². The van der Waals surface area contributed by atoms with Gasteiger partial charge in [-0.3, -0.25) is 4.79 Å². The summed E-state index contributed by atoms with van der Waals surface area (Å²) < 4.78 is 18.8. The zero-order valence-electron chi connectivity index (χ0n) is 13.3. The number of ketones is 1. The van der Waals surface area contributed by atoms with E-state index in [4.69, 9.17) is 16.1 Å². The van der Waals surface area contributed by atoms with Crippen LogP contribution >= 0.6 is 11.6 Å². The van der Waals surface area contributed by atoms with Crippen LogP contribution in [0.25, 0.3) is 0 Å². The Bertz CT molecular complexity index is 946. The number of hydrogen-bond acceptors (Lipinski definition) is 3. The van der Waals surface area contributed by atoms with Gasteiger partial charge in [-0.05, 0) is 60.7 Å². The van der Waals surface area contributed by atoms with Crippen LogP contribution in [0.2, 0.25) is 5.02 Å². The predicted molar refractivity (Wildman–Crippen MR) is 92.6 cm³/mol. The summed E-state index contributed by atoms with van der Waals surface area (Å²) in [7, 11) is 0. The van der Waals surface area contributed by atoms with E-state index in [0.29, 0.717) is 39.7 Å². The molecule has 1 fully saturated rings. The largest absolute Gasteiger partial charge is 0.364 e. The summed E-state index contributed by atoms with van der Waals surface area (Å²) in [5, 5.41) is 4.59. The molecule has 1 heterocycles. The van der Waals surface area contributed by atoms with Crippen LogP contribution in [0.15, 0.2) is 53.3 Å². The first-order chi connectivity index (χ1) is 12.1. The van der Waals surface area contributed by atoms with Crippen molar-refractivity contribution in [2.45, 2.75) is 25.2 Å². The van der Waals surface area contributed by atoms with Crippen LogP contribution in [0, 0.1) is 5.82 Å². The number of aromatic nitrogens is 1. The van der Waals surface area contributed by atoms with E-state index in [1.807, 2.05) is 18.2 Å². The Balaban J connectivity index is 1.71. The highest BCUT2D eigenvalue weighted by molar-refractivity contribution is 6.30. The summed E-state index contributed by atoms with van der Waals surface area (Å²) >= 11 is 6.03. The van der Waals surface area contributed by atoms with Crippen molar-refractivity contribution in [3.8, 4) is 0 Å². The van der Waals surface area contributed by atoms with E-state index in [9.17, 15) is 9.18 Å². The number of rotatable bonds is 5. The van der Waals surface area contributed by atoms with E-state index in [0.717, 1.165) is 18.4 Å². The van der Waals surface area contributed by atoms with E-state index >= 15 is 0 Å². The van der Waals surface area contributed by atoms with Gasteiger partial charge in [0, 0.05) is 16.5 Å². The molecule has 3 nitrogen and oxygen atoms in total. The molecule has 0 N–H and O–H groups in total. The van der Waals surface area contributed by atoms with Crippen molar-refractivity contribution in [3.63, 3.8) is 0 Å². The van der Waals surface area contributed by atoms with Gasteiger partial charge in [-0.2, -0.15) is 0 Å². The molecule has 0 bridgehead atoms. The van der Waals surface area contributed by atoms with Crippen molar-refractivity contribution in [2.24, 2.45) is 0 Å². The molecule has 126 valence electrons. The maximum atomic E-state index is 13.8. The predicted octanol–water partition coefficient (Wildman–Crippen LogP) is 5.17. The van der Waals surface area contributed by atoms with Crippen molar-refractivity contribution in [3.05, 3.63) is 87.5 Å². The molecule has 0 spiro atoms. The zero-order valence-corrected chi connectivity index (χ0v) is 14.1. The van der Waals surface area contributed by atoms with E-state index in [2.05, 4.69) is 5.16 Å². The molecule has 5 heteroatoms. The second-order valence-electron chi connectivity index (χ2n) is 6.33. The highest BCUT2D eigenvalue weighted by Crippen LogP contribution is 2.41. The Labute approximate surface area is 149 Å². The molecule has 25 heavy (non-hydrogen) atoms. The SMILES string of the molecule is O=C(c1ccc(F)cc1Cc1cccc(Cl)c1)c1conc1C1CC1. The summed E-state index contributed by atoms with van der Waals surface area (Å²) in [4.78, 5) is 13.0. The Morgan fingerprint density at radius 3 is 2.80 bits per heavy atom. The molecule has 0 unspecified atom stereocenters. The average Bonchev–Trinajstić information content (AvgIpc) is 3.31. The number of carbonyl (C=O) groups is 1. The van der Waals surface area contributed by atoms with Crippen LogP contribution in [-0.4, -0.2) is 10.9 Å². The maximum Gasteiger partial charge on any atom is 0.198 e. The molecule has 1 aliphatic carbocycles. The topological polar surface area (TPSA) is 43.1 Å².